The number of hydrogen-bond donors (Lipinski definition) is 1. The number of aryl methyl sites for hydroxylation is 1. The van der Waals surface area contributed by atoms with E-state index in [2.05, 4.69) is 32.2 Å². The van der Waals surface area contributed by atoms with Crippen molar-refractivity contribution in [1.29, 1.82) is 0 Å². The van der Waals surface area contributed by atoms with E-state index in [0.717, 1.165) is 49.9 Å². The second kappa shape index (κ2) is 8.98. The van der Waals surface area contributed by atoms with Gasteiger partial charge in [0.05, 0.1) is 16.8 Å². The maximum atomic E-state index is 12.9. The van der Waals surface area contributed by atoms with E-state index >= 15 is 0 Å². The maximum Gasteiger partial charge on any atom is 0.256 e. The lowest BCUT2D eigenvalue weighted by atomic mass is 10.1. The molecule has 1 amide bonds. The number of aromatic nitrogens is 1. The van der Waals surface area contributed by atoms with E-state index in [9.17, 15) is 4.79 Å². The van der Waals surface area contributed by atoms with Crippen LogP contribution in [0.4, 0.5) is 5.00 Å². The van der Waals surface area contributed by atoms with Gasteiger partial charge in [-0.05, 0) is 62.2 Å². The van der Waals surface area contributed by atoms with Crippen molar-refractivity contribution in [3.05, 3.63) is 64.5 Å². The van der Waals surface area contributed by atoms with E-state index < -0.39 is 0 Å². The summed E-state index contributed by atoms with van der Waals surface area (Å²) in [6.07, 6.45) is 2.12. The molecule has 4 nitrogen and oxygen atoms in total. The number of thiazole rings is 1. The zero-order chi connectivity index (χ0) is 21.1. The predicted molar refractivity (Wildman–Crippen MR) is 127 cm³/mol. The van der Waals surface area contributed by atoms with Crippen LogP contribution in [0, 0.1) is 13.8 Å². The van der Waals surface area contributed by atoms with Crippen LogP contribution < -0.4 is 10.1 Å². The molecule has 4 rings (SSSR count). The van der Waals surface area contributed by atoms with Crippen LogP contribution in [-0.2, 0) is 0 Å². The Hall–Kier alpha value is -2.70. The molecule has 2 aromatic heterocycles. The summed E-state index contributed by atoms with van der Waals surface area (Å²) in [4.78, 5) is 18.9. The third-order valence-electron chi connectivity index (χ3n) is 5.00. The van der Waals surface area contributed by atoms with Crippen LogP contribution in [0.5, 0.6) is 5.75 Å². The van der Waals surface area contributed by atoms with Crippen molar-refractivity contribution in [2.45, 2.75) is 33.6 Å². The first-order valence-electron chi connectivity index (χ1n) is 10.1. The minimum Gasteiger partial charge on any atom is -0.494 e. The van der Waals surface area contributed by atoms with E-state index in [4.69, 9.17) is 9.72 Å². The molecule has 30 heavy (non-hydrogen) atoms. The summed E-state index contributed by atoms with van der Waals surface area (Å²) in [5.41, 5.74) is 3.77. The van der Waals surface area contributed by atoms with Gasteiger partial charge in [-0.1, -0.05) is 25.5 Å². The molecule has 0 spiro atoms. The van der Waals surface area contributed by atoms with Gasteiger partial charge in [0.2, 0.25) is 0 Å². The molecule has 4 aromatic rings. The van der Waals surface area contributed by atoms with Gasteiger partial charge in [-0.25, -0.2) is 4.98 Å². The summed E-state index contributed by atoms with van der Waals surface area (Å²) in [7, 11) is 0. The lowest BCUT2D eigenvalue weighted by Gasteiger charge is -2.08. The van der Waals surface area contributed by atoms with E-state index in [1.54, 1.807) is 34.8 Å². The average Bonchev–Trinajstić information content (AvgIpc) is 3.29. The minimum absolute atomic E-state index is 0.126. The Balaban J connectivity index is 1.57. The molecule has 1 N–H and O–H groups in total. The van der Waals surface area contributed by atoms with E-state index in [-0.39, 0.29) is 5.91 Å². The lowest BCUT2D eigenvalue weighted by molar-refractivity contribution is 0.102. The Morgan fingerprint density at radius 2 is 1.83 bits per heavy atom. The predicted octanol–water partition coefficient (Wildman–Crippen LogP) is 7.07. The van der Waals surface area contributed by atoms with Crippen molar-refractivity contribution in [1.82, 2.24) is 4.98 Å². The minimum atomic E-state index is -0.126. The number of ether oxygens (including phenoxy) is 1. The van der Waals surface area contributed by atoms with Crippen molar-refractivity contribution < 1.29 is 9.53 Å². The number of thiophene rings is 1. The van der Waals surface area contributed by atoms with Gasteiger partial charge in [0.1, 0.15) is 15.8 Å². The Morgan fingerprint density at radius 1 is 1.07 bits per heavy atom. The molecule has 0 unspecified atom stereocenters. The third-order valence-corrected chi connectivity index (χ3v) is 7.18. The number of rotatable bonds is 7. The highest BCUT2D eigenvalue weighted by molar-refractivity contribution is 7.22. The molecule has 0 fully saturated rings. The smallest absolute Gasteiger partial charge is 0.256 e. The number of hydrogen-bond acceptors (Lipinski definition) is 5. The molecule has 0 aliphatic heterocycles. The molecule has 2 heterocycles. The number of nitrogens with one attached hydrogen (secondary N) is 1. The highest BCUT2D eigenvalue weighted by atomic mass is 32.1. The molecular weight excluding hydrogens is 412 g/mol. The molecule has 2 aromatic carbocycles. The average molecular weight is 437 g/mol. The highest BCUT2D eigenvalue weighted by Gasteiger charge is 2.20. The Kier molecular flexibility index (Phi) is 6.16. The summed E-state index contributed by atoms with van der Waals surface area (Å²) in [6.45, 7) is 6.99. The molecule has 0 radical (unpaired) electrons. The van der Waals surface area contributed by atoms with E-state index in [0.29, 0.717) is 12.2 Å². The highest BCUT2D eigenvalue weighted by Crippen LogP contribution is 2.43. The number of amides is 1. The second-order valence-electron chi connectivity index (χ2n) is 7.15. The number of fused-ring (bicyclic) bond motifs is 1. The van der Waals surface area contributed by atoms with Crippen molar-refractivity contribution in [2.24, 2.45) is 0 Å². The fourth-order valence-electron chi connectivity index (χ4n) is 3.16. The van der Waals surface area contributed by atoms with Crippen LogP contribution in [0.25, 0.3) is 20.8 Å². The number of nitrogens with zero attached hydrogens (tertiary/aromatic N) is 1. The molecular formula is C24H24N2O2S2. The van der Waals surface area contributed by atoms with Gasteiger partial charge in [-0.15, -0.1) is 22.7 Å². The van der Waals surface area contributed by atoms with Crippen LogP contribution in [0.1, 0.15) is 40.6 Å². The fraction of sp³-hybridized carbons (Fsp3) is 0.250. The summed E-state index contributed by atoms with van der Waals surface area (Å²) >= 11 is 3.25. The van der Waals surface area contributed by atoms with Gasteiger partial charge >= 0.3 is 0 Å². The van der Waals surface area contributed by atoms with Crippen LogP contribution in [0.3, 0.4) is 0 Å². The molecule has 154 valence electrons. The van der Waals surface area contributed by atoms with Gasteiger partial charge < -0.3 is 10.1 Å². The summed E-state index contributed by atoms with van der Waals surface area (Å²) in [5.74, 6) is 0.664. The number of carbonyl (C=O) groups is 1. The first-order chi connectivity index (χ1) is 14.6. The van der Waals surface area contributed by atoms with E-state index in [1.165, 1.54) is 4.88 Å². The molecule has 6 heteroatoms. The first kappa shape index (κ1) is 20.6. The normalized spacial score (nSPS) is 11.0. The SMILES string of the molecule is CCCCOc1ccc(C(=O)Nc2sc(C)c(C)c2-c2nc3ccccc3s2)cc1. The molecule has 0 saturated carbocycles. The van der Waals surface area contributed by atoms with Crippen molar-refractivity contribution in [3.63, 3.8) is 0 Å². The van der Waals surface area contributed by atoms with Crippen LogP contribution in [0.15, 0.2) is 48.5 Å². The van der Waals surface area contributed by atoms with Gasteiger partial charge in [0.15, 0.2) is 0 Å². The summed E-state index contributed by atoms with van der Waals surface area (Å²) in [5, 5.41) is 4.89. The summed E-state index contributed by atoms with van der Waals surface area (Å²) in [6, 6.07) is 15.4. The Bertz CT molecular complexity index is 1140. The topological polar surface area (TPSA) is 51.2 Å². The zero-order valence-electron chi connectivity index (χ0n) is 17.3. The monoisotopic (exact) mass is 436 g/mol. The molecule has 0 saturated heterocycles. The Morgan fingerprint density at radius 3 is 2.57 bits per heavy atom. The van der Waals surface area contributed by atoms with Gasteiger partial charge in [-0.2, -0.15) is 0 Å². The van der Waals surface area contributed by atoms with Crippen LogP contribution >= 0.6 is 22.7 Å². The largest absolute Gasteiger partial charge is 0.494 e. The van der Waals surface area contributed by atoms with E-state index in [1.807, 2.05) is 30.3 Å². The Labute approximate surface area is 184 Å². The molecule has 0 bridgehead atoms. The van der Waals surface area contributed by atoms with Crippen molar-refractivity contribution in [2.75, 3.05) is 11.9 Å². The molecule has 0 aliphatic rings. The maximum absolute atomic E-state index is 12.9. The zero-order valence-corrected chi connectivity index (χ0v) is 19.0. The number of unbranched alkanes of at least 4 members (excludes halogenated alkanes) is 1. The van der Waals surface area contributed by atoms with Crippen molar-refractivity contribution >= 4 is 43.8 Å². The number of para-hydroxylation sites is 1. The first-order valence-corrected chi connectivity index (χ1v) is 11.7. The van der Waals surface area contributed by atoms with Crippen LogP contribution in [0.2, 0.25) is 0 Å². The quantitative estimate of drug-likeness (QED) is 0.315. The molecule has 0 atom stereocenters. The van der Waals surface area contributed by atoms with Gasteiger partial charge in [0, 0.05) is 16.0 Å². The summed E-state index contributed by atoms with van der Waals surface area (Å²) < 4.78 is 6.83. The van der Waals surface area contributed by atoms with Crippen molar-refractivity contribution in [3.8, 4) is 16.3 Å². The van der Waals surface area contributed by atoms with Crippen LogP contribution in [-0.4, -0.2) is 17.5 Å². The molecule has 0 aliphatic carbocycles. The number of anilines is 1. The third kappa shape index (κ3) is 4.25. The van der Waals surface area contributed by atoms with Gasteiger partial charge in [0.25, 0.3) is 5.91 Å². The fourth-order valence-corrected chi connectivity index (χ4v) is 5.36. The number of carbonyl (C=O) groups excluding carboxylic acids is 1. The standard InChI is InChI=1S/C24H24N2O2S2/c1-4-5-14-28-18-12-10-17(11-13-18)22(27)26-24-21(15(2)16(3)29-24)23-25-19-8-6-7-9-20(19)30-23/h6-13H,4-5,14H2,1-3H3,(H,26,27). The number of benzene rings is 2. The second-order valence-corrected chi connectivity index (χ2v) is 9.41. The van der Waals surface area contributed by atoms with Gasteiger partial charge in [-0.3, -0.25) is 4.79 Å². The lowest BCUT2D eigenvalue weighted by Crippen LogP contribution is -2.11.